The van der Waals surface area contributed by atoms with Crippen LogP contribution in [0.5, 0.6) is 0 Å². The number of hydrogen-bond acceptors (Lipinski definition) is 3. The topological polar surface area (TPSA) is 96.2 Å². The molecule has 0 atom stereocenters. The number of aromatic carboxylic acids is 1. The summed E-state index contributed by atoms with van der Waals surface area (Å²) in [5.41, 5.74) is 0.124. The first-order chi connectivity index (χ1) is 7.50. The number of aromatic nitrogens is 1. The maximum absolute atomic E-state index is 10.9. The first-order valence-corrected chi connectivity index (χ1v) is 4.57. The number of rotatable bonds is 2. The molecular weight excluding hydrogens is 236 g/mol. The van der Waals surface area contributed by atoms with Gasteiger partial charge in [-0.05, 0) is 6.07 Å². The zero-order valence-electron chi connectivity index (χ0n) is 7.73. The molecule has 0 aliphatic heterocycles. The molecule has 0 amide bonds. The van der Waals surface area contributed by atoms with Crippen LogP contribution in [0.2, 0.25) is 5.15 Å². The summed E-state index contributed by atoms with van der Waals surface area (Å²) in [6, 6.07) is 3.88. The van der Waals surface area contributed by atoms with Gasteiger partial charge in [-0.1, -0.05) is 11.6 Å². The maximum Gasteiger partial charge on any atom is 0.339 e. The summed E-state index contributed by atoms with van der Waals surface area (Å²) in [6.45, 7) is 0. The lowest BCUT2D eigenvalue weighted by atomic mass is 10.1. The molecule has 1 aromatic carbocycles. The van der Waals surface area contributed by atoms with Gasteiger partial charge in [0.1, 0.15) is 10.7 Å². The third kappa shape index (κ3) is 1.49. The second-order valence-electron chi connectivity index (χ2n) is 3.11. The lowest BCUT2D eigenvalue weighted by molar-refractivity contribution is -0.384. The Balaban J connectivity index is 2.79. The number of benzene rings is 1. The molecule has 0 saturated carbocycles. The van der Waals surface area contributed by atoms with Gasteiger partial charge in [0, 0.05) is 23.0 Å². The summed E-state index contributed by atoms with van der Waals surface area (Å²) < 4.78 is 0. The van der Waals surface area contributed by atoms with Crippen molar-refractivity contribution in [3.8, 4) is 0 Å². The van der Waals surface area contributed by atoms with Gasteiger partial charge < -0.3 is 10.1 Å². The second-order valence-corrected chi connectivity index (χ2v) is 3.48. The van der Waals surface area contributed by atoms with Crippen LogP contribution >= 0.6 is 11.6 Å². The lowest BCUT2D eigenvalue weighted by Crippen LogP contribution is -1.95. The smallest absolute Gasteiger partial charge is 0.339 e. The molecule has 0 saturated heterocycles. The molecule has 0 radical (unpaired) electrons. The number of nitro benzene ring substituents is 1. The van der Waals surface area contributed by atoms with E-state index >= 15 is 0 Å². The second kappa shape index (κ2) is 3.49. The predicted octanol–water partition coefficient (Wildman–Crippen LogP) is 2.43. The molecule has 6 nitrogen and oxygen atoms in total. The van der Waals surface area contributed by atoms with Gasteiger partial charge in [0.25, 0.3) is 5.69 Å². The van der Waals surface area contributed by atoms with Gasteiger partial charge in [-0.2, -0.15) is 0 Å². The number of fused-ring (bicyclic) bond motifs is 1. The third-order valence-corrected chi connectivity index (χ3v) is 2.44. The summed E-state index contributed by atoms with van der Waals surface area (Å²) in [5, 5.41) is 19.6. The Morgan fingerprint density at radius 2 is 2.19 bits per heavy atom. The number of nitrogens with one attached hydrogen (secondary N) is 1. The van der Waals surface area contributed by atoms with Crippen LogP contribution in [-0.2, 0) is 0 Å². The molecule has 0 aliphatic rings. The lowest BCUT2D eigenvalue weighted by Gasteiger charge is -1.93. The van der Waals surface area contributed by atoms with Crippen LogP contribution in [0.1, 0.15) is 10.4 Å². The van der Waals surface area contributed by atoms with Crippen LogP contribution in [0, 0.1) is 10.1 Å². The van der Waals surface area contributed by atoms with Gasteiger partial charge in [0.15, 0.2) is 0 Å². The molecule has 0 bridgehead atoms. The Bertz CT molecular complexity index is 605. The van der Waals surface area contributed by atoms with Crippen LogP contribution in [0.15, 0.2) is 18.2 Å². The Labute approximate surface area is 93.6 Å². The van der Waals surface area contributed by atoms with Crippen LogP contribution in [-0.4, -0.2) is 21.0 Å². The van der Waals surface area contributed by atoms with Crippen LogP contribution in [0.4, 0.5) is 5.69 Å². The molecule has 2 N–H and O–H groups in total. The Morgan fingerprint density at radius 1 is 1.50 bits per heavy atom. The summed E-state index contributed by atoms with van der Waals surface area (Å²) >= 11 is 5.69. The number of hydrogen-bond donors (Lipinski definition) is 2. The zero-order chi connectivity index (χ0) is 11.9. The van der Waals surface area contributed by atoms with E-state index in [1.54, 1.807) is 0 Å². The monoisotopic (exact) mass is 240 g/mol. The van der Waals surface area contributed by atoms with E-state index in [9.17, 15) is 14.9 Å². The quantitative estimate of drug-likeness (QED) is 0.622. The van der Waals surface area contributed by atoms with Crippen molar-refractivity contribution in [1.29, 1.82) is 0 Å². The Hall–Kier alpha value is -2.08. The van der Waals surface area contributed by atoms with Crippen LogP contribution in [0.25, 0.3) is 10.9 Å². The van der Waals surface area contributed by atoms with Gasteiger partial charge >= 0.3 is 5.97 Å². The van der Waals surface area contributed by atoms with E-state index in [0.717, 1.165) is 0 Å². The highest BCUT2D eigenvalue weighted by atomic mass is 35.5. The Kier molecular flexibility index (Phi) is 2.28. The normalized spacial score (nSPS) is 10.6. The number of H-pyrrole nitrogens is 1. The van der Waals surface area contributed by atoms with Crippen molar-refractivity contribution in [2.24, 2.45) is 0 Å². The van der Waals surface area contributed by atoms with Gasteiger partial charge in [-0.3, -0.25) is 10.1 Å². The largest absolute Gasteiger partial charge is 0.478 e. The van der Waals surface area contributed by atoms with Crippen molar-refractivity contribution in [2.45, 2.75) is 0 Å². The van der Waals surface area contributed by atoms with E-state index in [1.807, 2.05) is 0 Å². The van der Waals surface area contributed by atoms with Crippen molar-refractivity contribution in [3.63, 3.8) is 0 Å². The van der Waals surface area contributed by atoms with Gasteiger partial charge in [-0.25, -0.2) is 4.79 Å². The molecule has 0 unspecified atom stereocenters. The fourth-order valence-electron chi connectivity index (χ4n) is 1.47. The fourth-order valence-corrected chi connectivity index (χ4v) is 1.75. The molecule has 82 valence electrons. The molecule has 0 spiro atoms. The summed E-state index contributed by atoms with van der Waals surface area (Å²) in [4.78, 5) is 23.5. The average molecular weight is 241 g/mol. The summed E-state index contributed by atoms with van der Waals surface area (Å²) in [7, 11) is 0. The minimum Gasteiger partial charge on any atom is -0.478 e. The maximum atomic E-state index is 10.9. The molecule has 16 heavy (non-hydrogen) atoms. The highest BCUT2D eigenvalue weighted by molar-refractivity contribution is 6.34. The van der Waals surface area contributed by atoms with Crippen molar-refractivity contribution in [3.05, 3.63) is 39.0 Å². The van der Waals surface area contributed by atoms with Gasteiger partial charge in [0.05, 0.1) is 4.92 Å². The van der Waals surface area contributed by atoms with Crippen molar-refractivity contribution in [1.82, 2.24) is 4.98 Å². The highest BCUT2D eigenvalue weighted by Crippen LogP contribution is 2.29. The molecule has 1 heterocycles. The van der Waals surface area contributed by atoms with Crippen molar-refractivity contribution in [2.75, 3.05) is 0 Å². The molecule has 1 aromatic heterocycles. The van der Waals surface area contributed by atoms with E-state index in [-0.39, 0.29) is 21.8 Å². The number of carboxylic acids is 1. The number of nitrogens with zero attached hydrogens (tertiary/aromatic N) is 1. The minimum absolute atomic E-state index is 0.0389. The van der Waals surface area contributed by atoms with E-state index in [1.165, 1.54) is 18.2 Å². The number of halogens is 1. The van der Waals surface area contributed by atoms with E-state index in [0.29, 0.717) is 5.52 Å². The number of non-ortho nitro benzene ring substituents is 1. The first kappa shape index (κ1) is 10.4. The zero-order valence-corrected chi connectivity index (χ0v) is 8.49. The number of carbonyl (C=O) groups is 1. The van der Waals surface area contributed by atoms with Crippen molar-refractivity contribution < 1.29 is 14.8 Å². The van der Waals surface area contributed by atoms with Crippen LogP contribution < -0.4 is 0 Å². The Morgan fingerprint density at radius 3 is 2.75 bits per heavy atom. The van der Waals surface area contributed by atoms with Gasteiger partial charge in [-0.15, -0.1) is 0 Å². The summed E-state index contributed by atoms with van der Waals surface area (Å²) in [5.74, 6) is -1.23. The summed E-state index contributed by atoms with van der Waals surface area (Å²) in [6.07, 6.45) is 0. The highest BCUT2D eigenvalue weighted by Gasteiger charge is 2.18. The fraction of sp³-hybridized carbons (Fsp3) is 0. The molecule has 2 rings (SSSR count). The molecule has 2 aromatic rings. The van der Waals surface area contributed by atoms with Crippen molar-refractivity contribution >= 4 is 34.2 Å². The number of aromatic amines is 1. The minimum atomic E-state index is -1.23. The number of nitro groups is 1. The molecule has 7 heteroatoms. The van der Waals surface area contributed by atoms with E-state index < -0.39 is 10.9 Å². The predicted molar refractivity (Wildman–Crippen MR) is 56.9 cm³/mol. The average Bonchev–Trinajstić information content (AvgIpc) is 2.51. The van der Waals surface area contributed by atoms with E-state index in [4.69, 9.17) is 16.7 Å². The van der Waals surface area contributed by atoms with Crippen LogP contribution in [0.3, 0.4) is 0 Å². The standard InChI is InChI=1S/C9H5ClN2O4/c10-8-7(9(13)14)5-3-4(12(15)16)1-2-6(5)11-8/h1-3,11H,(H,13,14). The molecule has 0 fully saturated rings. The SMILES string of the molecule is O=C(O)c1c(Cl)[nH]c2ccc([N+](=O)[O-])cc12. The van der Waals surface area contributed by atoms with E-state index in [2.05, 4.69) is 4.98 Å². The third-order valence-electron chi connectivity index (χ3n) is 2.16. The first-order valence-electron chi connectivity index (χ1n) is 4.19. The molecule has 0 aliphatic carbocycles. The van der Waals surface area contributed by atoms with Gasteiger partial charge in [0.2, 0.25) is 0 Å². The number of carboxylic acid groups (broad SMARTS) is 1. The molecular formula is C9H5ClN2O4.